The first-order valence-electron chi connectivity index (χ1n) is 6.78. The topological polar surface area (TPSA) is 66.9 Å². The van der Waals surface area contributed by atoms with E-state index in [1.165, 1.54) is 18.5 Å². The Bertz CT molecular complexity index is 601. The molecule has 1 heterocycles. The summed E-state index contributed by atoms with van der Waals surface area (Å²) in [6.07, 6.45) is 3.88. The Morgan fingerprint density at radius 3 is 2.71 bits per heavy atom. The Kier molecular flexibility index (Phi) is 5.20. The fourth-order valence-corrected chi connectivity index (χ4v) is 1.70. The minimum Gasteiger partial charge on any atom is -0.369 e. The van der Waals surface area contributed by atoms with Gasteiger partial charge in [0, 0.05) is 18.7 Å². The molecule has 110 valence electrons. The zero-order valence-corrected chi connectivity index (χ0v) is 11.8. The highest BCUT2D eigenvalue weighted by molar-refractivity contribution is 5.91. The Balaban J connectivity index is 1.93. The largest absolute Gasteiger partial charge is 0.369 e. The van der Waals surface area contributed by atoms with E-state index in [9.17, 15) is 9.18 Å². The zero-order valence-electron chi connectivity index (χ0n) is 11.8. The molecule has 1 aromatic heterocycles. The molecule has 1 amide bonds. The number of amides is 1. The molecule has 5 nitrogen and oxygen atoms in total. The molecule has 0 aliphatic heterocycles. The van der Waals surface area contributed by atoms with Gasteiger partial charge < -0.3 is 10.6 Å². The number of hydrogen-bond donors (Lipinski definition) is 2. The van der Waals surface area contributed by atoms with Crippen molar-refractivity contribution in [2.45, 2.75) is 19.9 Å². The van der Waals surface area contributed by atoms with Crippen LogP contribution in [0.15, 0.2) is 36.7 Å². The smallest absolute Gasteiger partial charge is 0.271 e. The summed E-state index contributed by atoms with van der Waals surface area (Å²) in [5, 5.41) is 5.69. The number of nitrogens with zero attached hydrogens (tertiary/aromatic N) is 2. The Labute approximate surface area is 122 Å². The molecule has 0 saturated carbocycles. The molecule has 0 fully saturated rings. The number of hydrogen-bond acceptors (Lipinski definition) is 4. The van der Waals surface area contributed by atoms with E-state index in [0.29, 0.717) is 11.4 Å². The molecule has 21 heavy (non-hydrogen) atoms. The van der Waals surface area contributed by atoms with E-state index in [2.05, 4.69) is 20.6 Å². The van der Waals surface area contributed by atoms with Crippen LogP contribution in [0.3, 0.4) is 0 Å². The van der Waals surface area contributed by atoms with Crippen molar-refractivity contribution in [1.29, 1.82) is 0 Å². The lowest BCUT2D eigenvalue weighted by Gasteiger charge is -2.07. The van der Waals surface area contributed by atoms with E-state index >= 15 is 0 Å². The number of aromatic nitrogens is 2. The molecule has 0 aliphatic carbocycles. The molecular formula is C15H17FN4O. The number of anilines is 1. The van der Waals surface area contributed by atoms with Gasteiger partial charge in [0.05, 0.1) is 12.4 Å². The molecule has 0 bridgehead atoms. The van der Waals surface area contributed by atoms with Crippen LogP contribution in [0.4, 0.5) is 10.2 Å². The van der Waals surface area contributed by atoms with E-state index in [1.807, 2.05) is 6.92 Å². The van der Waals surface area contributed by atoms with Crippen LogP contribution < -0.4 is 10.6 Å². The van der Waals surface area contributed by atoms with Gasteiger partial charge in [0.1, 0.15) is 17.3 Å². The quantitative estimate of drug-likeness (QED) is 0.856. The molecule has 0 spiro atoms. The van der Waals surface area contributed by atoms with Crippen molar-refractivity contribution < 1.29 is 9.18 Å². The highest BCUT2D eigenvalue weighted by atomic mass is 19.1. The molecule has 0 aliphatic rings. The number of carbonyl (C=O) groups is 1. The summed E-state index contributed by atoms with van der Waals surface area (Å²) in [7, 11) is 0. The van der Waals surface area contributed by atoms with Gasteiger partial charge in [-0.3, -0.25) is 4.79 Å². The summed E-state index contributed by atoms with van der Waals surface area (Å²) >= 11 is 0. The Hall–Kier alpha value is -2.50. The second-order valence-electron chi connectivity index (χ2n) is 4.49. The minimum atomic E-state index is -0.382. The second-order valence-corrected chi connectivity index (χ2v) is 4.49. The number of nitrogens with one attached hydrogen (secondary N) is 2. The average Bonchev–Trinajstić information content (AvgIpc) is 2.52. The van der Waals surface area contributed by atoms with Gasteiger partial charge in [0.25, 0.3) is 5.91 Å². The number of halogens is 1. The highest BCUT2D eigenvalue weighted by Crippen LogP contribution is 2.06. The van der Waals surface area contributed by atoms with Gasteiger partial charge in [-0.25, -0.2) is 14.4 Å². The van der Waals surface area contributed by atoms with Gasteiger partial charge in [-0.05, 0) is 12.5 Å². The first-order chi connectivity index (χ1) is 10.2. The maximum absolute atomic E-state index is 13.4. The summed E-state index contributed by atoms with van der Waals surface area (Å²) < 4.78 is 13.4. The molecule has 1 aromatic carbocycles. The van der Waals surface area contributed by atoms with Gasteiger partial charge in [-0.1, -0.05) is 25.1 Å². The lowest BCUT2D eigenvalue weighted by Crippen LogP contribution is -2.24. The molecule has 0 saturated heterocycles. The molecule has 0 atom stereocenters. The van der Waals surface area contributed by atoms with E-state index in [1.54, 1.807) is 18.2 Å². The monoisotopic (exact) mass is 288 g/mol. The maximum atomic E-state index is 13.4. The third-order valence-electron chi connectivity index (χ3n) is 2.84. The molecular weight excluding hydrogens is 271 g/mol. The van der Waals surface area contributed by atoms with Gasteiger partial charge >= 0.3 is 0 Å². The molecule has 2 rings (SSSR count). The van der Waals surface area contributed by atoms with E-state index in [0.717, 1.165) is 13.0 Å². The number of carbonyl (C=O) groups excluding carboxylic acids is 1. The van der Waals surface area contributed by atoms with Crippen LogP contribution in [0.25, 0.3) is 0 Å². The van der Waals surface area contributed by atoms with Gasteiger partial charge in [0.15, 0.2) is 0 Å². The van der Waals surface area contributed by atoms with Crippen LogP contribution in [0.1, 0.15) is 29.4 Å². The zero-order chi connectivity index (χ0) is 15.1. The fraction of sp³-hybridized carbons (Fsp3) is 0.267. The van der Waals surface area contributed by atoms with E-state index in [-0.39, 0.29) is 24.0 Å². The summed E-state index contributed by atoms with van der Waals surface area (Å²) in [5.41, 5.74) is 0.633. The van der Waals surface area contributed by atoms with Crippen LogP contribution in [0.5, 0.6) is 0 Å². The normalized spacial score (nSPS) is 10.2. The van der Waals surface area contributed by atoms with Crippen LogP contribution in [-0.2, 0) is 6.54 Å². The first kappa shape index (κ1) is 14.9. The van der Waals surface area contributed by atoms with Crippen LogP contribution in [0, 0.1) is 5.82 Å². The Morgan fingerprint density at radius 1 is 1.24 bits per heavy atom. The number of rotatable bonds is 6. The average molecular weight is 288 g/mol. The summed E-state index contributed by atoms with van der Waals surface area (Å²) in [6.45, 7) is 2.96. The minimum absolute atomic E-state index is 0.114. The lowest BCUT2D eigenvalue weighted by molar-refractivity contribution is 0.0945. The van der Waals surface area contributed by atoms with Crippen molar-refractivity contribution >= 4 is 11.7 Å². The fourth-order valence-electron chi connectivity index (χ4n) is 1.70. The molecule has 6 heteroatoms. The summed E-state index contributed by atoms with van der Waals surface area (Å²) in [5.74, 6) is -0.0988. The lowest BCUT2D eigenvalue weighted by atomic mass is 10.2. The summed E-state index contributed by atoms with van der Waals surface area (Å²) in [6, 6.07) is 6.31. The van der Waals surface area contributed by atoms with Crippen molar-refractivity contribution in [2.24, 2.45) is 0 Å². The van der Waals surface area contributed by atoms with E-state index < -0.39 is 0 Å². The van der Waals surface area contributed by atoms with E-state index in [4.69, 9.17) is 0 Å². The van der Waals surface area contributed by atoms with Crippen molar-refractivity contribution in [2.75, 3.05) is 11.9 Å². The third kappa shape index (κ3) is 4.24. The van der Waals surface area contributed by atoms with Crippen molar-refractivity contribution in [3.63, 3.8) is 0 Å². The van der Waals surface area contributed by atoms with Gasteiger partial charge in [0.2, 0.25) is 0 Å². The Morgan fingerprint density at radius 2 is 2.05 bits per heavy atom. The standard InChI is InChI=1S/C15H17FN4O/c1-2-7-17-14-10-18-13(9-19-14)15(21)20-8-11-5-3-4-6-12(11)16/h3-6,9-10H,2,7-8H2,1H3,(H,17,19)(H,20,21). The van der Waals surface area contributed by atoms with Crippen LogP contribution in [-0.4, -0.2) is 22.4 Å². The molecule has 0 radical (unpaired) electrons. The molecule has 0 unspecified atom stereocenters. The van der Waals surface area contributed by atoms with Crippen molar-refractivity contribution in [3.05, 3.63) is 53.7 Å². The SMILES string of the molecule is CCCNc1cnc(C(=O)NCc2ccccc2F)cn1. The van der Waals surface area contributed by atoms with Crippen LogP contribution in [0.2, 0.25) is 0 Å². The second kappa shape index (κ2) is 7.33. The predicted molar refractivity (Wildman–Crippen MR) is 78.4 cm³/mol. The van der Waals surface area contributed by atoms with Crippen molar-refractivity contribution in [3.8, 4) is 0 Å². The highest BCUT2D eigenvalue weighted by Gasteiger charge is 2.09. The molecule has 2 N–H and O–H groups in total. The van der Waals surface area contributed by atoms with Gasteiger partial charge in [-0.15, -0.1) is 0 Å². The summed E-state index contributed by atoms with van der Waals surface area (Å²) in [4.78, 5) is 20.0. The van der Waals surface area contributed by atoms with Crippen molar-refractivity contribution in [1.82, 2.24) is 15.3 Å². The van der Waals surface area contributed by atoms with Gasteiger partial charge in [-0.2, -0.15) is 0 Å². The maximum Gasteiger partial charge on any atom is 0.271 e. The first-order valence-corrected chi connectivity index (χ1v) is 6.78. The number of benzene rings is 1. The molecule has 2 aromatic rings. The predicted octanol–water partition coefficient (Wildman–Crippen LogP) is 2.37. The van der Waals surface area contributed by atoms with Crippen LogP contribution >= 0.6 is 0 Å². The third-order valence-corrected chi connectivity index (χ3v) is 2.84.